The van der Waals surface area contributed by atoms with Crippen molar-refractivity contribution < 1.29 is 9.53 Å². The van der Waals surface area contributed by atoms with E-state index in [1.54, 1.807) is 17.0 Å². The number of rotatable bonds is 4. The topological polar surface area (TPSA) is 69.0 Å². The van der Waals surface area contributed by atoms with Crippen LogP contribution in [0.3, 0.4) is 0 Å². The minimum atomic E-state index is -0.228. The number of amides is 1. The van der Waals surface area contributed by atoms with Crippen LogP contribution in [0.4, 0.5) is 5.82 Å². The summed E-state index contributed by atoms with van der Waals surface area (Å²) in [5, 5.41) is 10.8. The second-order valence-corrected chi connectivity index (χ2v) is 4.84. The zero-order chi connectivity index (χ0) is 14.7. The minimum absolute atomic E-state index is 0.113. The number of ether oxygens (including phenoxy) is 1. The summed E-state index contributed by atoms with van der Waals surface area (Å²) in [7, 11) is 0. The third kappa shape index (κ3) is 2.85. The summed E-state index contributed by atoms with van der Waals surface area (Å²) in [6.07, 6.45) is 3.81. The maximum absolute atomic E-state index is 12.2. The summed E-state index contributed by atoms with van der Waals surface area (Å²) >= 11 is 0. The molecule has 1 aliphatic heterocycles. The first kappa shape index (κ1) is 13.5. The predicted molar refractivity (Wildman–Crippen MR) is 78.0 cm³/mol. The summed E-state index contributed by atoms with van der Waals surface area (Å²) in [6.45, 7) is 4.26. The zero-order valence-electron chi connectivity index (χ0n) is 11.5. The van der Waals surface area contributed by atoms with E-state index in [1.165, 1.54) is 0 Å². The molecule has 0 saturated carbocycles. The molecule has 0 spiro atoms. The van der Waals surface area contributed by atoms with Gasteiger partial charge in [0.1, 0.15) is 0 Å². The number of para-hydroxylation sites is 1. The number of carbonyl (C=O) groups excluding carboxylic acids is 1. The van der Waals surface area contributed by atoms with Gasteiger partial charge in [-0.3, -0.25) is 4.79 Å². The van der Waals surface area contributed by atoms with Gasteiger partial charge in [0.25, 0.3) is 0 Å². The average Bonchev–Trinajstić information content (AvgIpc) is 3.16. The Morgan fingerprint density at radius 1 is 1.43 bits per heavy atom. The first-order valence-corrected chi connectivity index (χ1v) is 6.81. The van der Waals surface area contributed by atoms with Crippen LogP contribution in [0.15, 0.2) is 49.2 Å². The SMILES string of the molecule is C=C[C@@H]1OCC[C@H]1C(=O)Nc1cn(-c2ccccc2)nn1. The smallest absolute Gasteiger partial charge is 0.231 e. The summed E-state index contributed by atoms with van der Waals surface area (Å²) < 4.78 is 7.04. The molecule has 1 fully saturated rings. The average molecular weight is 284 g/mol. The Morgan fingerprint density at radius 2 is 2.24 bits per heavy atom. The Balaban J connectivity index is 1.70. The van der Waals surface area contributed by atoms with Gasteiger partial charge in [-0.25, -0.2) is 4.68 Å². The van der Waals surface area contributed by atoms with E-state index in [0.717, 1.165) is 5.69 Å². The molecular weight excluding hydrogens is 268 g/mol. The molecule has 0 unspecified atom stereocenters. The normalized spacial score (nSPS) is 21.1. The predicted octanol–water partition coefficient (Wildman–Crippen LogP) is 1.80. The number of aromatic nitrogens is 3. The lowest BCUT2D eigenvalue weighted by Crippen LogP contribution is -2.28. The number of carbonyl (C=O) groups is 1. The van der Waals surface area contributed by atoms with Crippen LogP contribution >= 0.6 is 0 Å². The molecule has 2 heterocycles. The van der Waals surface area contributed by atoms with Gasteiger partial charge in [0.2, 0.25) is 5.91 Å². The van der Waals surface area contributed by atoms with Gasteiger partial charge in [0, 0.05) is 6.61 Å². The molecule has 1 aliphatic rings. The van der Waals surface area contributed by atoms with E-state index in [4.69, 9.17) is 4.74 Å². The molecule has 2 atom stereocenters. The highest BCUT2D eigenvalue weighted by Gasteiger charge is 2.32. The van der Waals surface area contributed by atoms with E-state index < -0.39 is 0 Å². The molecule has 1 saturated heterocycles. The van der Waals surface area contributed by atoms with E-state index in [2.05, 4.69) is 22.2 Å². The lowest BCUT2D eigenvalue weighted by atomic mass is 10.0. The van der Waals surface area contributed by atoms with E-state index in [1.807, 2.05) is 30.3 Å². The van der Waals surface area contributed by atoms with Crippen LogP contribution in [0.1, 0.15) is 6.42 Å². The van der Waals surface area contributed by atoms with Gasteiger partial charge >= 0.3 is 0 Å². The van der Waals surface area contributed by atoms with Crippen molar-refractivity contribution in [2.75, 3.05) is 11.9 Å². The van der Waals surface area contributed by atoms with Crippen LogP contribution in [-0.4, -0.2) is 33.6 Å². The molecule has 0 aliphatic carbocycles. The maximum Gasteiger partial charge on any atom is 0.231 e. The highest BCUT2D eigenvalue weighted by Crippen LogP contribution is 2.23. The first-order chi connectivity index (χ1) is 10.3. The van der Waals surface area contributed by atoms with Gasteiger partial charge in [-0.1, -0.05) is 29.5 Å². The summed E-state index contributed by atoms with van der Waals surface area (Å²) in [5.74, 6) is 0.0976. The number of nitrogens with zero attached hydrogens (tertiary/aromatic N) is 3. The van der Waals surface area contributed by atoms with Crippen molar-refractivity contribution in [3.05, 3.63) is 49.2 Å². The van der Waals surface area contributed by atoms with E-state index >= 15 is 0 Å². The molecule has 6 heteroatoms. The van der Waals surface area contributed by atoms with Crippen molar-refractivity contribution in [2.24, 2.45) is 5.92 Å². The second-order valence-electron chi connectivity index (χ2n) is 4.84. The molecular formula is C15H16N4O2. The van der Waals surface area contributed by atoms with Crippen LogP contribution in [0.25, 0.3) is 5.69 Å². The second kappa shape index (κ2) is 5.88. The Kier molecular flexibility index (Phi) is 3.79. The molecule has 3 rings (SSSR count). The molecule has 0 bridgehead atoms. The van der Waals surface area contributed by atoms with Gasteiger partial charge in [0.15, 0.2) is 5.82 Å². The summed E-state index contributed by atoms with van der Waals surface area (Å²) in [5.41, 5.74) is 0.888. The van der Waals surface area contributed by atoms with Gasteiger partial charge in [-0.05, 0) is 18.6 Å². The molecule has 21 heavy (non-hydrogen) atoms. The Morgan fingerprint density at radius 3 is 3.00 bits per heavy atom. The molecule has 1 aromatic carbocycles. The van der Waals surface area contributed by atoms with E-state index in [0.29, 0.717) is 18.8 Å². The lowest BCUT2D eigenvalue weighted by Gasteiger charge is -2.13. The van der Waals surface area contributed by atoms with Crippen LogP contribution in [0.2, 0.25) is 0 Å². The number of anilines is 1. The van der Waals surface area contributed by atoms with Crippen molar-refractivity contribution in [2.45, 2.75) is 12.5 Å². The molecule has 1 aromatic heterocycles. The van der Waals surface area contributed by atoms with Gasteiger partial charge in [0.05, 0.1) is 23.9 Å². The summed E-state index contributed by atoms with van der Waals surface area (Å²) in [4.78, 5) is 12.2. The molecule has 0 radical (unpaired) electrons. The van der Waals surface area contributed by atoms with Crippen LogP contribution in [0, 0.1) is 5.92 Å². The zero-order valence-corrected chi connectivity index (χ0v) is 11.5. The van der Waals surface area contributed by atoms with Gasteiger partial charge in [-0.15, -0.1) is 11.7 Å². The van der Waals surface area contributed by atoms with E-state index in [-0.39, 0.29) is 17.9 Å². The third-order valence-corrected chi connectivity index (χ3v) is 3.47. The largest absolute Gasteiger partial charge is 0.373 e. The number of hydrogen-bond donors (Lipinski definition) is 1. The standard InChI is InChI=1S/C15H16N4O2/c1-2-13-12(8-9-21-13)15(20)16-14-10-19(18-17-14)11-6-4-3-5-7-11/h2-7,10,12-13H,1,8-9H2,(H,16,20)/t12-,13+/m1/s1. The van der Waals surface area contributed by atoms with Crippen molar-refractivity contribution in [3.8, 4) is 5.69 Å². The Hall–Kier alpha value is -2.47. The highest BCUT2D eigenvalue weighted by atomic mass is 16.5. The highest BCUT2D eigenvalue weighted by molar-refractivity contribution is 5.92. The van der Waals surface area contributed by atoms with Crippen molar-refractivity contribution in [1.82, 2.24) is 15.0 Å². The van der Waals surface area contributed by atoms with Crippen molar-refractivity contribution >= 4 is 11.7 Å². The van der Waals surface area contributed by atoms with Crippen LogP contribution < -0.4 is 5.32 Å². The molecule has 6 nitrogen and oxygen atoms in total. The monoisotopic (exact) mass is 284 g/mol. The third-order valence-electron chi connectivity index (χ3n) is 3.47. The maximum atomic E-state index is 12.2. The number of hydrogen-bond acceptors (Lipinski definition) is 4. The fourth-order valence-electron chi connectivity index (χ4n) is 2.37. The number of benzene rings is 1. The fraction of sp³-hybridized carbons (Fsp3) is 0.267. The minimum Gasteiger partial charge on any atom is -0.373 e. The lowest BCUT2D eigenvalue weighted by molar-refractivity contribution is -0.120. The van der Waals surface area contributed by atoms with Crippen LogP contribution in [-0.2, 0) is 9.53 Å². The molecule has 2 aromatic rings. The quantitative estimate of drug-likeness (QED) is 0.869. The van der Waals surface area contributed by atoms with Crippen LogP contribution in [0.5, 0.6) is 0 Å². The fourth-order valence-corrected chi connectivity index (χ4v) is 2.37. The van der Waals surface area contributed by atoms with Crippen molar-refractivity contribution in [3.63, 3.8) is 0 Å². The molecule has 1 N–H and O–H groups in total. The van der Waals surface area contributed by atoms with Gasteiger partial charge in [-0.2, -0.15) is 0 Å². The van der Waals surface area contributed by atoms with Crippen molar-refractivity contribution in [1.29, 1.82) is 0 Å². The molecule has 1 amide bonds. The molecule has 108 valence electrons. The van der Waals surface area contributed by atoms with Gasteiger partial charge < -0.3 is 10.1 Å². The Bertz CT molecular complexity index is 638. The number of nitrogens with one attached hydrogen (secondary N) is 1. The first-order valence-electron chi connectivity index (χ1n) is 6.81. The van der Waals surface area contributed by atoms with E-state index in [9.17, 15) is 4.79 Å². The summed E-state index contributed by atoms with van der Waals surface area (Å²) in [6, 6.07) is 9.59. The Labute approximate surface area is 122 Å².